The monoisotopic (exact) mass is 395 g/mol. The third-order valence-corrected chi connectivity index (χ3v) is 5.02. The topological polar surface area (TPSA) is 35.9 Å². The number of ketones is 1. The second-order valence-electron chi connectivity index (χ2n) is 5.81. The van der Waals surface area contributed by atoms with Gasteiger partial charge < -0.3 is 9.80 Å². The van der Waals surface area contributed by atoms with Crippen molar-refractivity contribution in [1.29, 1.82) is 0 Å². The summed E-state index contributed by atoms with van der Waals surface area (Å²) in [6.07, 6.45) is 1.02. The van der Waals surface area contributed by atoms with Gasteiger partial charge in [-0.3, -0.25) is 9.79 Å². The lowest BCUT2D eigenvalue weighted by atomic mass is 10.1. The molecule has 7 heteroatoms. The van der Waals surface area contributed by atoms with Gasteiger partial charge in [-0.1, -0.05) is 35.3 Å². The Morgan fingerprint density at radius 3 is 2.60 bits per heavy atom. The Balaban J connectivity index is 0.00000182. The van der Waals surface area contributed by atoms with Crippen LogP contribution in [0.15, 0.2) is 47.5 Å². The summed E-state index contributed by atoms with van der Waals surface area (Å²) in [4.78, 5) is 21.5. The molecule has 25 heavy (non-hydrogen) atoms. The maximum Gasteiger partial charge on any atom is 0.206 e. The molecule has 0 radical (unpaired) electrons. The van der Waals surface area contributed by atoms with E-state index >= 15 is 0 Å². The van der Waals surface area contributed by atoms with E-state index < -0.39 is 0 Å². The fraction of sp³-hybridized carbons (Fsp3) is 0.222. The van der Waals surface area contributed by atoms with Crippen molar-refractivity contribution in [2.45, 2.75) is 6.42 Å². The number of hydrogen-bond acceptors (Lipinski definition) is 4. The molecule has 2 aliphatic rings. The van der Waals surface area contributed by atoms with Crippen LogP contribution in [-0.4, -0.2) is 31.4 Å². The normalized spacial score (nSPS) is 15.2. The first kappa shape index (κ1) is 18.1. The molecule has 0 aliphatic carbocycles. The molecule has 130 valence electrons. The largest absolute Gasteiger partial charge is 0.310 e. The Morgan fingerprint density at radius 2 is 1.84 bits per heavy atom. The van der Waals surface area contributed by atoms with Crippen molar-refractivity contribution in [3.05, 3.63) is 58.1 Å². The van der Waals surface area contributed by atoms with Gasteiger partial charge >= 0.3 is 0 Å². The Morgan fingerprint density at radius 1 is 1.08 bits per heavy atom. The number of guanidine groups is 1. The van der Waals surface area contributed by atoms with Crippen LogP contribution >= 0.6 is 35.6 Å². The number of rotatable bonds is 3. The Bertz CT molecular complexity index is 853. The number of halogens is 3. The van der Waals surface area contributed by atoms with Gasteiger partial charge in [0, 0.05) is 18.7 Å². The average Bonchev–Trinajstić information content (AvgIpc) is 2.92. The summed E-state index contributed by atoms with van der Waals surface area (Å²) in [6.45, 7) is 1.94. The zero-order valence-electron chi connectivity index (χ0n) is 13.3. The lowest BCUT2D eigenvalue weighted by Crippen LogP contribution is -2.43. The highest BCUT2D eigenvalue weighted by Gasteiger charge is 2.34. The molecule has 2 heterocycles. The zero-order valence-corrected chi connectivity index (χ0v) is 15.6. The van der Waals surface area contributed by atoms with Gasteiger partial charge in [-0.05, 0) is 36.8 Å². The van der Waals surface area contributed by atoms with E-state index in [1.165, 1.54) is 0 Å². The van der Waals surface area contributed by atoms with Crippen LogP contribution in [-0.2, 0) is 0 Å². The van der Waals surface area contributed by atoms with Crippen LogP contribution in [0.2, 0.25) is 10.0 Å². The van der Waals surface area contributed by atoms with Gasteiger partial charge in [0.25, 0.3) is 0 Å². The molecule has 0 N–H and O–H groups in total. The van der Waals surface area contributed by atoms with Gasteiger partial charge in [0.1, 0.15) is 0 Å². The molecule has 4 rings (SSSR count). The number of carbonyl (C=O) groups is 1. The third-order valence-electron chi connectivity index (χ3n) is 4.28. The molecule has 0 atom stereocenters. The molecule has 0 unspecified atom stereocenters. The molecule has 0 saturated heterocycles. The van der Waals surface area contributed by atoms with Gasteiger partial charge in [0.2, 0.25) is 5.96 Å². The van der Waals surface area contributed by atoms with Crippen molar-refractivity contribution in [3.63, 3.8) is 0 Å². The van der Waals surface area contributed by atoms with Crippen LogP contribution in [0.1, 0.15) is 16.8 Å². The summed E-state index contributed by atoms with van der Waals surface area (Å²) in [5, 5.41) is 0.837. The number of aliphatic imine (C=N–C) groups is 1. The smallest absolute Gasteiger partial charge is 0.206 e. The van der Waals surface area contributed by atoms with Crippen molar-refractivity contribution >= 4 is 58.7 Å². The van der Waals surface area contributed by atoms with E-state index in [4.69, 9.17) is 23.2 Å². The standard InChI is InChI=1S/C18H15Cl2N3O.ClH/c19-13-7-6-12(10-14(13)20)17(24)11-23-16-5-2-1-4-15(16)22-9-3-8-21-18(22)23;/h1-2,4-7,10H,3,8-9,11H2;1H. The van der Waals surface area contributed by atoms with Crippen LogP contribution in [0, 0.1) is 0 Å². The zero-order chi connectivity index (χ0) is 16.7. The van der Waals surface area contributed by atoms with Crippen LogP contribution < -0.4 is 9.80 Å². The van der Waals surface area contributed by atoms with Gasteiger partial charge in [-0.2, -0.15) is 0 Å². The van der Waals surface area contributed by atoms with E-state index in [1.807, 2.05) is 23.1 Å². The number of carbonyl (C=O) groups excluding carboxylic acids is 1. The van der Waals surface area contributed by atoms with E-state index in [2.05, 4.69) is 16.0 Å². The second kappa shape index (κ2) is 7.24. The minimum Gasteiger partial charge on any atom is -0.310 e. The van der Waals surface area contributed by atoms with Crippen molar-refractivity contribution in [2.75, 3.05) is 29.4 Å². The Kier molecular flexibility index (Phi) is 5.23. The number of nitrogens with zero attached hydrogens (tertiary/aromatic N) is 3. The predicted molar refractivity (Wildman–Crippen MR) is 106 cm³/mol. The summed E-state index contributed by atoms with van der Waals surface area (Å²) in [5.74, 6) is 0.842. The van der Waals surface area contributed by atoms with Crippen LogP contribution in [0.5, 0.6) is 0 Å². The number of benzene rings is 2. The highest BCUT2D eigenvalue weighted by Crippen LogP contribution is 2.38. The van der Waals surface area contributed by atoms with E-state index in [9.17, 15) is 4.79 Å². The van der Waals surface area contributed by atoms with E-state index in [0.29, 0.717) is 15.6 Å². The van der Waals surface area contributed by atoms with E-state index in [1.54, 1.807) is 18.2 Å². The number of hydrogen-bond donors (Lipinski definition) is 0. The molecular weight excluding hydrogens is 381 g/mol. The van der Waals surface area contributed by atoms with Gasteiger partial charge in [-0.15, -0.1) is 12.4 Å². The van der Waals surface area contributed by atoms with Crippen molar-refractivity contribution < 1.29 is 4.79 Å². The van der Waals surface area contributed by atoms with Crippen LogP contribution in [0.25, 0.3) is 0 Å². The average molecular weight is 397 g/mol. The molecule has 0 fully saturated rings. The quantitative estimate of drug-likeness (QED) is 0.706. The molecule has 2 aromatic rings. The SMILES string of the molecule is Cl.O=C(CN1C2=NCCCN2c2ccccc21)c1ccc(Cl)c(Cl)c1. The second-order valence-corrected chi connectivity index (χ2v) is 6.63. The summed E-state index contributed by atoms with van der Waals surface area (Å²) in [5.41, 5.74) is 2.68. The summed E-state index contributed by atoms with van der Waals surface area (Å²) < 4.78 is 0. The lowest BCUT2D eigenvalue weighted by molar-refractivity contribution is 0.100. The molecule has 4 nitrogen and oxygen atoms in total. The fourth-order valence-corrected chi connectivity index (χ4v) is 3.44. The minimum atomic E-state index is -0.0153. The van der Waals surface area contributed by atoms with Gasteiger partial charge in [0.15, 0.2) is 5.78 Å². The van der Waals surface area contributed by atoms with E-state index in [0.717, 1.165) is 36.8 Å². The van der Waals surface area contributed by atoms with Gasteiger partial charge in [0.05, 0.1) is 28.0 Å². The Hall–Kier alpha value is -1.75. The lowest BCUT2D eigenvalue weighted by Gasteiger charge is -2.26. The fourth-order valence-electron chi connectivity index (χ4n) is 3.14. The number of Topliss-reactive ketones (excluding diaryl/α,β-unsaturated/α-hetero) is 1. The third kappa shape index (κ3) is 3.22. The predicted octanol–water partition coefficient (Wildman–Crippen LogP) is 4.68. The first-order chi connectivity index (χ1) is 11.6. The van der Waals surface area contributed by atoms with Crippen molar-refractivity contribution in [3.8, 4) is 0 Å². The highest BCUT2D eigenvalue weighted by atomic mass is 35.5. The molecule has 2 aromatic carbocycles. The number of fused-ring (bicyclic) bond motifs is 3. The molecule has 2 aliphatic heterocycles. The van der Waals surface area contributed by atoms with Crippen molar-refractivity contribution in [1.82, 2.24) is 0 Å². The highest BCUT2D eigenvalue weighted by molar-refractivity contribution is 6.42. The summed E-state index contributed by atoms with van der Waals surface area (Å²) in [6, 6.07) is 13.1. The molecule has 0 amide bonds. The maximum absolute atomic E-state index is 12.7. The van der Waals surface area contributed by atoms with E-state index in [-0.39, 0.29) is 24.7 Å². The maximum atomic E-state index is 12.7. The van der Waals surface area contributed by atoms with Gasteiger partial charge in [-0.25, -0.2) is 0 Å². The number of anilines is 2. The first-order valence-corrected chi connectivity index (χ1v) is 8.57. The molecular formula is C18H16Cl3N3O. The Labute approximate surface area is 162 Å². The minimum absolute atomic E-state index is 0. The molecule has 0 bridgehead atoms. The first-order valence-electron chi connectivity index (χ1n) is 7.82. The molecule has 0 spiro atoms. The van der Waals surface area contributed by atoms with Crippen LogP contribution in [0.4, 0.5) is 11.4 Å². The van der Waals surface area contributed by atoms with Crippen LogP contribution in [0.3, 0.4) is 0 Å². The summed E-state index contributed by atoms with van der Waals surface area (Å²) in [7, 11) is 0. The van der Waals surface area contributed by atoms with Crippen molar-refractivity contribution in [2.24, 2.45) is 4.99 Å². The summed E-state index contributed by atoms with van der Waals surface area (Å²) >= 11 is 12.0. The number of para-hydroxylation sites is 2. The molecule has 0 aromatic heterocycles. The molecule has 0 saturated carbocycles.